The van der Waals surface area contributed by atoms with Gasteiger partial charge in [-0.1, -0.05) is 53.4 Å². The first-order valence-electron chi connectivity index (χ1n) is 12.3. The van der Waals surface area contributed by atoms with Crippen molar-refractivity contribution < 1.29 is 4.79 Å². The van der Waals surface area contributed by atoms with Crippen molar-refractivity contribution in [3.63, 3.8) is 0 Å². The summed E-state index contributed by atoms with van der Waals surface area (Å²) in [5.41, 5.74) is 2.79. The Balaban J connectivity index is 1.23. The van der Waals surface area contributed by atoms with E-state index in [1.165, 1.54) is 6.08 Å². The van der Waals surface area contributed by atoms with Gasteiger partial charge in [-0.15, -0.1) is 0 Å². The minimum atomic E-state index is -0.103. The van der Waals surface area contributed by atoms with Gasteiger partial charge in [-0.2, -0.15) is 0 Å². The van der Waals surface area contributed by atoms with E-state index in [9.17, 15) is 4.79 Å². The van der Waals surface area contributed by atoms with Gasteiger partial charge in [0.25, 0.3) is 0 Å². The molecule has 2 aromatic carbocycles. The van der Waals surface area contributed by atoms with Crippen LogP contribution >= 0.6 is 47.0 Å². The molecule has 1 amide bonds. The fraction of sp³-hybridized carbons (Fsp3) is 0.407. The smallest absolute Gasteiger partial charge is 0.243 e. The Morgan fingerprint density at radius 3 is 2.53 bits per heavy atom. The number of amides is 1. The molecule has 1 saturated heterocycles. The molecule has 5 nitrogen and oxygen atoms in total. The van der Waals surface area contributed by atoms with Crippen LogP contribution in [0.15, 0.2) is 42.5 Å². The summed E-state index contributed by atoms with van der Waals surface area (Å²) in [6, 6.07) is 11.5. The molecule has 1 fully saturated rings. The molecule has 0 aliphatic carbocycles. The van der Waals surface area contributed by atoms with E-state index in [2.05, 4.69) is 20.9 Å². The molecule has 0 radical (unpaired) electrons. The molecule has 1 heterocycles. The SMILES string of the molecule is Cc1ccc(NC(=S)NC2CCN(CCCCCNC(=O)/C=C/c3ccc(Cl)c(Cl)c3)CC2)cc1Cl. The Hall–Kier alpha value is -1.83. The zero-order chi connectivity index (χ0) is 25.9. The van der Waals surface area contributed by atoms with Gasteiger partial charge in [0.05, 0.1) is 10.0 Å². The van der Waals surface area contributed by atoms with Crippen LogP contribution in [0.25, 0.3) is 6.08 Å². The van der Waals surface area contributed by atoms with Gasteiger partial charge in [0, 0.05) is 42.5 Å². The quantitative estimate of drug-likeness (QED) is 0.169. The summed E-state index contributed by atoms with van der Waals surface area (Å²) in [6.45, 7) is 5.87. The number of piperidine rings is 1. The molecule has 0 saturated carbocycles. The number of hydrogen-bond acceptors (Lipinski definition) is 3. The first-order valence-corrected chi connectivity index (χ1v) is 13.8. The van der Waals surface area contributed by atoms with Crippen LogP contribution in [-0.2, 0) is 4.79 Å². The Labute approximate surface area is 234 Å². The van der Waals surface area contributed by atoms with Gasteiger partial charge in [0.15, 0.2) is 5.11 Å². The number of carbonyl (C=O) groups is 1. The van der Waals surface area contributed by atoms with Gasteiger partial charge in [-0.25, -0.2) is 0 Å². The number of nitrogens with zero attached hydrogens (tertiary/aromatic N) is 1. The summed E-state index contributed by atoms with van der Waals surface area (Å²) in [4.78, 5) is 14.5. The normalized spacial score (nSPS) is 14.7. The van der Waals surface area contributed by atoms with Crippen LogP contribution in [-0.4, -0.2) is 48.1 Å². The zero-order valence-corrected chi connectivity index (χ0v) is 23.5. The van der Waals surface area contributed by atoms with E-state index in [0.717, 1.165) is 73.6 Å². The Bertz CT molecular complexity index is 1070. The second kappa shape index (κ2) is 14.8. The topological polar surface area (TPSA) is 56.4 Å². The number of carbonyl (C=O) groups excluding carboxylic acids is 1. The number of hydrogen-bond donors (Lipinski definition) is 3. The molecule has 0 unspecified atom stereocenters. The number of nitrogens with one attached hydrogen (secondary N) is 3. The van der Waals surface area contributed by atoms with Gasteiger partial charge in [-0.3, -0.25) is 4.79 Å². The molecule has 1 aliphatic rings. The molecule has 3 rings (SSSR count). The van der Waals surface area contributed by atoms with E-state index < -0.39 is 0 Å². The summed E-state index contributed by atoms with van der Waals surface area (Å²) in [6.07, 6.45) is 8.57. The Kier molecular flexibility index (Phi) is 11.8. The van der Waals surface area contributed by atoms with E-state index in [4.69, 9.17) is 47.0 Å². The van der Waals surface area contributed by atoms with Gasteiger partial charge in [-0.05, 0) is 92.8 Å². The molecule has 9 heteroatoms. The highest BCUT2D eigenvalue weighted by atomic mass is 35.5. The highest BCUT2D eigenvalue weighted by molar-refractivity contribution is 7.80. The van der Waals surface area contributed by atoms with E-state index in [0.29, 0.717) is 27.7 Å². The maximum Gasteiger partial charge on any atom is 0.243 e. The predicted molar refractivity (Wildman–Crippen MR) is 157 cm³/mol. The van der Waals surface area contributed by atoms with Gasteiger partial charge >= 0.3 is 0 Å². The third-order valence-electron chi connectivity index (χ3n) is 6.17. The van der Waals surface area contributed by atoms with Gasteiger partial charge in [0.2, 0.25) is 5.91 Å². The predicted octanol–water partition coefficient (Wildman–Crippen LogP) is 6.71. The van der Waals surface area contributed by atoms with Crippen LogP contribution in [0.4, 0.5) is 5.69 Å². The highest BCUT2D eigenvalue weighted by Gasteiger charge is 2.19. The average Bonchev–Trinajstić information content (AvgIpc) is 2.85. The van der Waals surface area contributed by atoms with E-state index in [1.807, 2.05) is 31.2 Å². The number of benzene rings is 2. The molecule has 36 heavy (non-hydrogen) atoms. The lowest BCUT2D eigenvalue weighted by molar-refractivity contribution is -0.116. The maximum absolute atomic E-state index is 12.0. The lowest BCUT2D eigenvalue weighted by atomic mass is 10.0. The van der Waals surface area contributed by atoms with Crippen molar-refractivity contribution in [2.24, 2.45) is 0 Å². The zero-order valence-electron chi connectivity index (χ0n) is 20.5. The summed E-state index contributed by atoms with van der Waals surface area (Å²) >= 11 is 23.6. The summed E-state index contributed by atoms with van der Waals surface area (Å²) < 4.78 is 0. The second-order valence-electron chi connectivity index (χ2n) is 9.04. The van der Waals surface area contributed by atoms with E-state index in [-0.39, 0.29) is 5.91 Å². The van der Waals surface area contributed by atoms with Crippen molar-refractivity contribution >= 4 is 69.8 Å². The molecule has 0 spiro atoms. The third kappa shape index (κ3) is 9.91. The molecule has 0 aromatic heterocycles. The van der Waals surface area contributed by atoms with Crippen molar-refractivity contribution in [2.45, 2.75) is 45.1 Å². The molecule has 2 aromatic rings. The number of unbranched alkanes of at least 4 members (excludes halogenated alkanes) is 2. The minimum absolute atomic E-state index is 0.103. The Morgan fingerprint density at radius 2 is 1.81 bits per heavy atom. The van der Waals surface area contributed by atoms with Crippen molar-refractivity contribution in [2.75, 3.05) is 31.5 Å². The van der Waals surface area contributed by atoms with Gasteiger partial charge < -0.3 is 20.9 Å². The molecule has 194 valence electrons. The monoisotopic (exact) mass is 566 g/mol. The summed E-state index contributed by atoms with van der Waals surface area (Å²) in [7, 11) is 0. The second-order valence-corrected chi connectivity index (χ2v) is 10.7. The van der Waals surface area contributed by atoms with Crippen LogP contribution in [0.2, 0.25) is 15.1 Å². The van der Waals surface area contributed by atoms with Crippen molar-refractivity contribution in [1.82, 2.24) is 15.5 Å². The first-order chi connectivity index (χ1) is 17.3. The van der Waals surface area contributed by atoms with Crippen LogP contribution in [0.3, 0.4) is 0 Å². The fourth-order valence-corrected chi connectivity index (χ4v) is 4.79. The van der Waals surface area contributed by atoms with Crippen molar-refractivity contribution in [3.8, 4) is 0 Å². The van der Waals surface area contributed by atoms with Crippen molar-refractivity contribution in [1.29, 1.82) is 0 Å². The van der Waals surface area contributed by atoms with Crippen LogP contribution < -0.4 is 16.0 Å². The van der Waals surface area contributed by atoms with Crippen LogP contribution in [0.5, 0.6) is 0 Å². The Morgan fingerprint density at radius 1 is 1.03 bits per heavy atom. The molecule has 3 N–H and O–H groups in total. The number of aryl methyl sites for hydroxylation is 1. The maximum atomic E-state index is 12.0. The molecular weight excluding hydrogens is 535 g/mol. The first kappa shape index (κ1) is 28.7. The summed E-state index contributed by atoms with van der Waals surface area (Å²) in [5, 5.41) is 11.9. The third-order valence-corrected chi connectivity index (χ3v) is 7.54. The van der Waals surface area contributed by atoms with Crippen LogP contribution in [0.1, 0.15) is 43.2 Å². The average molecular weight is 568 g/mol. The molecular formula is C27H33Cl3N4OS. The molecule has 1 aliphatic heterocycles. The number of halogens is 3. The molecule has 0 bridgehead atoms. The lowest BCUT2D eigenvalue weighted by Gasteiger charge is -2.33. The van der Waals surface area contributed by atoms with E-state index in [1.54, 1.807) is 18.2 Å². The standard InChI is InChI=1S/C27H33Cl3N4OS/c1-19-5-8-22(18-24(19)29)33-27(36)32-21-11-15-34(16-12-21)14-4-2-3-13-31-26(35)10-7-20-6-9-23(28)25(30)17-20/h5-10,17-18,21H,2-4,11-16H2,1H3,(H,31,35)(H2,32,33,36)/b10-7+. The lowest BCUT2D eigenvalue weighted by Crippen LogP contribution is -2.46. The highest BCUT2D eigenvalue weighted by Crippen LogP contribution is 2.23. The summed E-state index contributed by atoms with van der Waals surface area (Å²) in [5.74, 6) is -0.103. The van der Waals surface area contributed by atoms with Crippen LogP contribution in [0, 0.1) is 6.92 Å². The van der Waals surface area contributed by atoms with E-state index >= 15 is 0 Å². The fourth-order valence-electron chi connectivity index (χ4n) is 4.02. The number of likely N-dealkylation sites (tertiary alicyclic amines) is 1. The molecule has 0 atom stereocenters. The minimum Gasteiger partial charge on any atom is -0.360 e. The number of anilines is 1. The number of rotatable bonds is 10. The van der Waals surface area contributed by atoms with Gasteiger partial charge in [0.1, 0.15) is 0 Å². The largest absolute Gasteiger partial charge is 0.360 e. The number of thiocarbonyl (C=S) groups is 1. The van der Waals surface area contributed by atoms with Crippen molar-refractivity contribution in [3.05, 3.63) is 68.7 Å².